The lowest BCUT2D eigenvalue weighted by Crippen LogP contribution is -2.58. The maximum atomic E-state index is 13.5. The number of nitrogens with zero attached hydrogens (tertiary/aromatic N) is 1. The molecule has 0 saturated carbocycles. The molecule has 0 unspecified atom stereocenters. The SMILES string of the molecule is CC#CCOc1ccc(S(=O)(=O)CC2(C(=O)N(O)C(=O)C3(C)COC(C)(C)OC3)CCNCC2)cc1. The second-order valence-electron chi connectivity index (χ2n) is 9.94. The van der Waals surface area contributed by atoms with Crippen LogP contribution in [0.5, 0.6) is 5.75 Å². The van der Waals surface area contributed by atoms with E-state index in [1.807, 2.05) is 0 Å². The zero-order chi connectivity index (χ0) is 26.6. The number of nitrogens with one attached hydrogen (secondary N) is 1. The highest BCUT2D eigenvalue weighted by Gasteiger charge is 2.51. The van der Waals surface area contributed by atoms with Crippen LogP contribution < -0.4 is 10.1 Å². The fourth-order valence-corrected chi connectivity index (χ4v) is 6.01. The van der Waals surface area contributed by atoms with Gasteiger partial charge in [-0.25, -0.2) is 8.42 Å². The van der Waals surface area contributed by atoms with E-state index in [0.717, 1.165) is 0 Å². The van der Waals surface area contributed by atoms with Crippen molar-refractivity contribution in [1.29, 1.82) is 0 Å². The lowest BCUT2D eigenvalue weighted by Gasteiger charge is -2.42. The van der Waals surface area contributed by atoms with Gasteiger partial charge in [0.15, 0.2) is 15.6 Å². The predicted octanol–water partition coefficient (Wildman–Crippen LogP) is 1.77. The standard InChI is InChI=1S/C25H34N2O8S/c1-5-6-15-33-19-7-9-20(10-8-19)36(31,32)18-25(11-13-26-14-12-25)22(29)27(30)21(28)24(4)16-34-23(2,3)35-17-24/h7-10,26,30H,11-18H2,1-4H3. The molecule has 2 fully saturated rings. The summed E-state index contributed by atoms with van der Waals surface area (Å²) in [6, 6.07) is 5.86. The Labute approximate surface area is 212 Å². The summed E-state index contributed by atoms with van der Waals surface area (Å²) in [5.74, 6) is 2.65. The summed E-state index contributed by atoms with van der Waals surface area (Å²) in [4.78, 5) is 26.7. The minimum absolute atomic E-state index is 0.0150. The lowest BCUT2D eigenvalue weighted by molar-refractivity contribution is -0.283. The molecule has 2 aliphatic heterocycles. The summed E-state index contributed by atoms with van der Waals surface area (Å²) in [7, 11) is -3.95. The van der Waals surface area contributed by atoms with E-state index in [4.69, 9.17) is 14.2 Å². The van der Waals surface area contributed by atoms with Crippen LogP contribution in [0.3, 0.4) is 0 Å². The van der Waals surface area contributed by atoms with E-state index in [1.165, 1.54) is 31.2 Å². The van der Waals surface area contributed by atoms with E-state index >= 15 is 0 Å². The Morgan fingerprint density at radius 1 is 1.08 bits per heavy atom. The van der Waals surface area contributed by atoms with Gasteiger partial charge >= 0.3 is 0 Å². The van der Waals surface area contributed by atoms with Crippen molar-refractivity contribution in [2.24, 2.45) is 10.8 Å². The third-order valence-electron chi connectivity index (χ3n) is 6.53. The van der Waals surface area contributed by atoms with Crippen LogP contribution in [-0.2, 0) is 28.9 Å². The molecule has 0 aliphatic carbocycles. The number of sulfone groups is 1. The molecule has 0 bridgehead atoms. The summed E-state index contributed by atoms with van der Waals surface area (Å²) in [6.45, 7) is 7.41. The molecule has 2 N–H and O–H groups in total. The second-order valence-corrected chi connectivity index (χ2v) is 11.9. The highest BCUT2D eigenvalue weighted by Crippen LogP contribution is 2.37. The van der Waals surface area contributed by atoms with Crippen LogP contribution >= 0.6 is 0 Å². The summed E-state index contributed by atoms with van der Waals surface area (Å²) < 4.78 is 43.3. The van der Waals surface area contributed by atoms with E-state index in [0.29, 0.717) is 18.8 Å². The molecule has 0 spiro atoms. The highest BCUT2D eigenvalue weighted by atomic mass is 32.2. The number of hydrogen-bond donors (Lipinski definition) is 2. The Morgan fingerprint density at radius 2 is 1.67 bits per heavy atom. The third-order valence-corrected chi connectivity index (χ3v) is 8.45. The molecule has 2 saturated heterocycles. The van der Waals surface area contributed by atoms with Crippen LogP contribution in [0, 0.1) is 22.7 Å². The molecule has 11 heteroatoms. The van der Waals surface area contributed by atoms with Gasteiger partial charge in [0.25, 0.3) is 11.8 Å². The molecular formula is C25H34N2O8S. The quantitative estimate of drug-likeness (QED) is 0.238. The van der Waals surface area contributed by atoms with E-state index in [2.05, 4.69) is 17.2 Å². The molecule has 3 rings (SSSR count). The Hall–Kier alpha value is -2.49. The van der Waals surface area contributed by atoms with Crippen molar-refractivity contribution < 1.29 is 37.4 Å². The van der Waals surface area contributed by atoms with E-state index in [1.54, 1.807) is 20.8 Å². The van der Waals surface area contributed by atoms with Crippen LogP contribution in [-0.4, -0.2) is 75.0 Å². The van der Waals surface area contributed by atoms with Gasteiger partial charge in [-0.15, -0.1) is 5.92 Å². The van der Waals surface area contributed by atoms with Gasteiger partial charge in [0, 0.05) is 0 Å². The molecule has 0 aromatic heterocycles. The van der Waals surface area contributed by atoms with Gasteiger partial charge in [-0.1, -0.05) is 5.92 Å². The van der Waals surface area contributed by atoms with E-state index in [-0.39, 0.29) is 42.6 Å². The van der Waals surface area contributed by atoms with Crippen molar-refractivity contribution in [1.82, 2.24) is 10.4 Å². The molecule has 36 heavy (non-hydrogen) atoms. The molecule has 2 aliphatic rings. The summed E-state index contributed by atoms with van der Waals surface area (Å²) in [5, 5.41) is 13.9. The number of hydroxylamine groups is 2. The summed E-state index contributed by atoms with van der Waals surface area (Å²) in [5.41, 5.74) is -2.78. The van der Waals surface area contributed by atoms with E-state index < -0.39 is 44.0 Å². The number of imide groups is 1. The minimum Gasteiger partial charge on any atom is -0.481 e. The average molecular weight is 523 g/mol. The van der Waals surface area contributed by atoms with Gasteiger partial charge in [-0.05, 0) is 77.9 Å². The monoisotopic (exact) mass is 522 g/mol. The Kier molecular flexibility index (Phi) is 8.48. The highest BCUT2D eigenvalue weighted by molar-refractivity contribution is 7.91. The van der Waals surface area contributed by atoms with Crippen LogP contribution in [0.4, 0.5) is 0 Å². The number of amides is 2. The van der Waals surface area contributed by atoms with Crippen molar-refractivity contribution in [2.45, 2.75) is 51.2 Å². The molecule has 2 amide bonds. The van der Waals surface area contributed by atoms with Gasteiger partial charge in [0.2, 0.25) is 0 Å². The van der Waals surface area contributed by atoms with Crippen molar-refractivity contribution in [3.63, 3.8) is 0 Å². The summed E-state index contributed by atoms with van der Waals surface area (Å²) >= 11 is 0. The van der Waals surface area contributed by atoms with Crippen molar-refractivity contribution in [2.75, 3.05) is 38.7 Å². The minimum atomic E-state index is -3.95. The van der Waals surface area contributed by atoms with Gasteiger partial charge in [0.1, 0.15) is 12.4 Å². The zero-order valence-corrected chi connectivity index (χ0v) is 21.9. The molecule has 1 aromatic rings. The molecule has 10 nitrogen and oxygen atoms in total. The first kappa shape index (κ1) is 28.1. The Morgan fingerprint density at radius 3 is 2.22 bits per heavy atom. The van der Waals surface area contributed by atoms with Crippen LogP contribution in [0.2, 0.25) is 0 Å². The van der Waals surface area contributed by atoms with Crippen LogP contribution in [0.15, 0.2) is 29.2 Å². The lowest BCUT2D eigenvalue weighted by atomic mass is 9.79. The number of ether oxygens (including phenoxy) is 3. The Balaban J connectivity index is 1.81. The molecule has 0 atom stereocenters. The molecule has 198 valence electrons. The Bertz CT molecular complexity index is 1120. The topological polar surface area (TPSA) is 131 Å². The first-order valence-electron chi connectivity index (χ1n) is 11.8. The average Bonchev–Trinajstić information content (AvgIpc) is 2.85. The third kappa shape index (κ3) is 6.25. The number of piperidine rings is 1. The maximum Gasteiger partial charge on any atom is 0.263 e. The first-order valence-corrected chi connectivity index (χ1v) is 13.4. The molecule has 0 radical (unpaired) electrons. The molecule has 2 heterocycles. The van der Waals surface area contributed by atoms with Crippen molar-refractivity contribution in [3.05, 3.63) is 24.3 Å². The predicted molar refractivity (Wildman–Crippen MR) is 130 cm³/mol. The number of rotatable bonds is 7. The van der Waals surface area contributed by atoms with Crippen molar-refractivity contribution >= 4 is 21.7 Å². The fraction of sp³-hybridized carbons (Fsp3) is 0.600. The van der Waals surface area contributed by atoms with Crippen LogP contribution in [0.25, 0.3) is 0 Å². The van der Waals surface area contributed by atoms with Gasteiger partial charge in [0.05, 0.1) is 34.7 Å². The largest absolute Gasteiger partial charge is 0.481 e. The maximum absolute atomic E-state index is 13.5. The number of hydrogen-bond acceptors (Lipinski definition) is 9. The number of carbonyl (C=O) groups excluding carboxylic acids is 2. The van der Waals surface area contributed by atoms with Gasteiger partial charge < -0.3 is 19.5 Å². The number of benzene rings is 1. The molecule has 1 aromatic carbocycles. The first-order chi connectivity index (χ1) is 16.8. The van der Waals surface area contributed by atoms with Crippen molar-refractivity contribution in [3.8, 4) is 17.6 Å². The van der Waals surface area contributed by atoms with Crippen LogP contribution in [0.1, 0.15) is 40.5 Å². The number of carbonyl (C=O) groups is 2. The van der Waals surface area contributed by atoms with E-state index in [9.17, 15) is 23.2 Å². The summed E-state index contributed by atoms with van der Waals surface area (Å²) in [6.07, 6.45) is 0.284. The normalized spacial score (nSPS) is 20.5. The van der Waals surface area contributed by atoms with Gasteiger partial charge in [-0.2, -0.15) is 5.06 Å². The molecular weight excluding hydrogens is 488 g/mol. The smallest absolute Gasteiger partial charge is 0.263 e. The van der Waals surface area contributed by atoms with Gasteiger partial charge in [-0.3, -0.25) is 14.8 Å². The zero-order valence-electron chi connectivity index (χ0n) is 21.1. The second kappa shape index (κ2) is 10.9. The fourth-order valence-electron chi connectivity index (χ4n) is 4.15.